The van der Waals surface area contributed by atoms with Gasteiger partial charge in [-0.2, -0.15) is 0 Å². The van der Waals surface area contributed by atoms with E-state index in [9.17, 15) is 9.59 Å². The molecule has 18 heteroatoms. The van der Waals surface area contributed by atoms with Gasteiger partial charge in [-0.3, -0.25) is 9.69 Å². The number of aliphatic carboxylic acids is 1. The number of anilines is 1. The van der Waals surface area contributed by atoms with Crippen LogP contribution in [0.25, 0.3) is 21.6 Å². The van der Waals surface area contributed by atoms with Crippen molar-refractivity contribution in [2.24, 2.45) is 28.8 Å². The highest BCUT2D eigenvalue weighted by Crippen LogP contribution is 2.55. The molecule has 4 saturated carbocycles. The second-order valence-corrected chi connectivity index (χ2v) is 14.8. The Kier molecular flexibility index (Phi) is 11.0. The average Bonchev–Trinajstić information content (AvgIpc) is 3.73. The maximum absolute atomic E-state index is 13.4. The van der Waals surface area contributed by atoms with Crippen LogP contribution < -0.4 is 20.8 Å². The summed E-state index contributed by atoms with van der Waals surface area (Å²) in [5.74, 6) is 3.68. The summed E-state index contributed by atoms with van der Waals surface area (Å²) in [5.41, 5.74) is 13.2. The first-order chi connectivity index (χ1) is 25.2. The van der Waals surface area contributed by atoms with Crippen LogP contribution in [-0.2, 0) is 20.9 Å². The van der Waals surface area contributed by atoms with E-state index in [1.165, 1.54) is 38.4 Å². The molecule has 6 aliphatic rings. The zero-order chi connectivity index (χ0) is 36.4. The molecule has 0 spiro atoms. The van der Waals surface area contributed by atoms with E-state index in [1.807, 2.05) is 12.1 Å². The minimum atomic E-state index is -1.23. The summed E-state index contributed by atoms with van der Waals surface area (Å²) in [4.78, 5) is 41.9. The van der Waals surface area contributed by atoms with E-state index >= 15 is 0 Å². The normalized spacial score (nSPS) is 30.6. The topological polar surface area (TPSA) is 225 Å². The summed E-state index contributed by atoms with van der Waals surface area (Å²) in [6, 6.07) is 4.91. The molecule has 4 bridgehead atoms. The fraction of sp³-hybridized carbons (Fsp3) is 0.618. The van der Waals surface area contributed by atoms with Crippen molar-refractivity contribution in [3.8, 4) is 5.75 Å². The van der Waals surface area contributed by atoms with Crippen LogP contribution in [-0.4, -0.2) is 117 Å². The van der Waals surface area contributed by atoms with Gasteiger partial charge in [0.2, 0.25) is 0 Å². The van der Waals surface area contributed by atoms with Crippen molar-refractivity contribution in [3.05, 3.63) is 51.9 Å². The number of nitrogens with zero attached hydrogens (tertiary/aromatic N) is 8. The van der Waals surface area contributed by atoms with E-state index < -0.39 is 24.2 Å². The lowest BCUT2D eigenvalue weighted by atomic mass is 9.54. The summed E-state index contributed by atoms with van der Waals surface area (Å²) in [7, 11) is 1.80. The van der Waals surface area contributed by atoms with Crippen molar-refractivity contribution in [2.75, 3.05) is 50.6 Å². The number of carboxylic acids is 1. The molecule has 0 amide bonds. The third-order valence-electron chi connectivity index (χ3n) is 11.2. The smallest absolute Gasteiger partial charge is 0.333 e. The number of carboxylic acid groups (broad SMARTS) is 1. The van der Waals surface area contributed by atoms with E-state index in [4.69, 9.17) is 32.1 Å². The molecule has 9 rings (SSSR count). The standard InChI is InChI=1S/C29H37ClN8O2.C5H7N3O4/c1-31-38-16-36-26-28(34-15-35-29(26)38)33-12-21-11-22(30)2-3-25(21)40-14-24(39)23-13-37(5-4-32-23)27-19-7-17-6-18(9-19)10-20(27)8-17;6-8-7-3-2(9)1-12-4(3)5(10)11/h2-3,11,15-20,23,27,31-32H,4-10,12-14H2,1H3,(H,33,34,35);2-4,9H,1H2,(H,10,11). The van der Waals surface area contributed by atoms with Crippen LogP contribution in [0.5, 0.6) is 5.75 Å². The molecule has 4 atom stereocenters. The molecule has 4 unspecified atom stereocenters. The number of ketones is 1. The fourth-order valence-corrected chi connectivity index (χ4v) is 9.35. The molecule has 278 valence electrons. The minimum absolute atomic E-state index is 0.0200. The highest BCUT2D eigenvalue weighted by molar-refractivity contribution is 6.30. The molecule has 52 heavy (non-hydrogen) atoms. The van der Waals surface area contributed by atoms with Gasteiger partial charge in [0.1, 0.15) is 31.1 Å². The summed E-state index contributed by atoms with van der Waals surface area (Å²) in [6.45, 7) is 2.99. The van der Waals surface area contributed by atoms with Crippen molar-refractivity contribution in [1.29, 1.82) is 0 Å². The number of hydrogen-bond donors (Lipinski definition) is 5. The van der Waals surface area contributed by atoms with E-state index in [2.05, 4.69) is 50.7 Å². The predicted molar refractivity (Wildman–Crippen MR) is 190 cm³/mol. The molecule has 6 fully saturated rings. The number of aliphatic hydroxyl groups excluding tert-OH is 1. The molecule has 0 radical (unpaired) electrons. The number of aliphatic hydroxyl groups is 1. The zero-order valence-electron chi connectivity index (χ0n) is 28.8. The van der Waals surface area contributed by atoms with Gasteiger partial charge in [0.15, 0.2) is 28.9 Å². The van der Waals surface area contributed by atoms with Gasteiger partial charge in [0.25, 0.3) is 0 Å². The van der Waals surface area contributed by atoms with Crippen molar-refractivity contribution < 1.29 is 29.3 Å². The molecule has 2 aromatic heterocycles. The Hall–Kier alpha value is -4.25. The Balaban J connectivity index is 0.000000300. The molecule has 2 saturated heterocycles. The van der Waals surface area contributed by atoms with Crippen LogP contribution in [0.2, 0.25) is 5.02 Å². The highest BCUT2D eigenvalue weighted by Gasteiger charge is 2.50. The van der Waals surface area contributed by atoms with E-state index in [1.54, 1.807) is 24.1 Å². The Bertz CT molecular complexity index is 1790. The van der Waals surface area contributed by atoms with Gasteiger partial charge in [-0.1, -0.05) is 16.7 Å². The maximum atomic E-state index is 13.4. The van der Waals surface area contributed by atoms with Crippen molar-refractivity contribution in [2.45, 2.75) is 69.0 Å². The monoisotopic (exact) mass is 737 g/mol. The van der Waals surface area contributed by atoms with Crippen LogP contribution in [0.1, 0.15) is 37.7 Å². The van der Waals surface area contributed by atoms with Crippen LogP contribution >= 0.6 is 11.6 Å². The number of ether oxygens (including phenoxy) is 2. The Morgan fingerprint density at radius 1 is 1.17 bits per heavy atom. The van der Waals surface area contributed by atoms with E-state index in [0.717, 1.165) is 48.9 Å². The molecular formula is C34H44ClN11O6. The van der Waals surface area contributed by atoms with Gasteiger partial charge in [0, 0.05) is 54.8 Å². The molecule has 5 N–H and O–H groups in total. The lowest BCUT2D eigenvalue weighted by Crippen LogP contribution is -2.63. The first-order valence-electron chi connectivity index (χ1n) is 17.8. The predicted octanol–water partition coefficient (Wildman–Crippen LogP) is 2.82. The van der Waals surface area contributed by atoms with Crippen LogP contribution in [0.4, 0.5) is 5.82 Å². The summed E-state index contributed by atoms with van der Waals surface area (Å²) < 4.78 is 12.5. The number of hydrogen-bond acceptors (Lipinski definition) is 13. The molecule has 2 aliphatic heterocycles. The highest BCUT2D eigenvalue weighted by atomic mass is 35.5. The number of carbonyl (C=O) groups excluding carboxylic acids is 1. The Morgan fingerprint density at radius 2 is 1.94 bits per heavy atom. The Labute approximate surface area is 305 Å². The summed E-state index contributed by atoms with van der Waals surface area (Å²) >= 11 is 6.33. The van der Waals surface area contributed by atoms with Crippen LogP contribution in [0.3, 0.4) is 0 Å². The number of benzene rings is 1. The van der Waals surface area contributed by atoms with Gasteiger partial charge in [-0.15, -0.1) is 0 Å². The number of nitrogens with one attached hydrogen (secondary N) is 3. The number of halogens is 1. The quantitative estimate of drug-likeness (QED) is 0.109. The van der Waals surface area contributed by atoms with Crippen molar-refractivity contribution in [1.82, 2.24) is 29.8 Å². The van der Waals surface area contributed by atoms with E-state index in [0.29, 0.717) is 40.3 Å². The number of imidazole rings is 1. The van der Waals surface area contributed by atoms with Gasteiger partial charge in [0.05, 0.1) is 18.8 Å². The second-order valence-electron chi connectivity index (χ2n) is 14.4. The first-order valence-corrected chi connectivity index (χ1v) is 18.2. The van der Waals surface area contributed by atoms with Gasteiger partial charge in [-0.05, 0) is 79.5 Å². The minimum Gasteiger partial charge on any atom is -0.485 e. The van der Waals surface area contributed by atoms with Crippen LogP contribution in [0, 0.1) is 23.7 Å². The largest absolute Gasteiger partial charge is 0.485 e. The van der Waals surface area contributed by atoms with Gasteiger partial charge in [-0.25, -0.2) is 24.4 Å². The lowest BCUT2D eigenvalue weighted by molar-refractivity contribution is -0.147. The van der Waals surface area contributed by atoms with Crippen molar-refractivity contribution >= 4 is 40.3 Å². The maximum Gasteiger partial charge on any atom is 0.333 e. The van der Waals surface area contributed by atoms with Crippen molar-refractivity contribution in [3.63, 3.8) is 0 Å². The first kappa shape index (κ1) is 36.1. The molecule has 4 heterocycles. The van der Waals surface area contributed by atoms with Gasteiger partial charge >= 0.3 is 5.97 Å². The molecule has 1 aromatic carbocycles. The number of fused-ring (bicyclic) bond motifs is 1. The molecule has 3 aromatic rings. The summed E-state index contributed by atoms with van der Waals surface area (Å²) in [5, 5.41) is 28.1. The Morgan fingerprint density at radius 3 is 2.65 bits per heavy atom. The average molecular weight is 738 g/mol. The third-order valence-corrected chi connectivity index (χ3v) is 11.4. The van der Waals surface area contributed by atoms with Gasteiger partial charge < -0.3 is 35.7 Å². The molecular weight excluding hydrogens is 694 g/mol. The zero-order valence-corrected chi connectivity index (χ0v) is 29.6. The summed E-state index contributed by atoms with van der Waals surface area (Å²) in [6.07, 6.45) is 7.96. The van der Waals surface area contributed by atoms with E-state index in [-0.39, 0.29) is 25.0 Å². The number of azide groups is 1. The lowest BCUT2D eigenvalue weighted by Gasteiger charge is -2.58. The number of Topliss-reactive ketones (excluding diaryl/α,β-unsaturated/α-hetero) is 1. The molecule has 4 aliphatic carbocycles. The molecule has 17 nitrogen and oxygen atoms in total. The number of aromatic nitrogens is 4. The van der Waals surface area contributed by atoms with Crippen LogP contribution in [0.15, 0.2) is 36.0 Å². The fourth-order valence-electron chi connectivity index (χ4n) is 9.15. The second kappa shape index (κ2) is 15.8. The number of carbonyl (C=O) groups is 2. The SMILES string of the molecule is CNn1cnc2c(NCc3cc(Cl)ccc3OCC(=O)C3CN(C4C5CC6CC(C5)CC4C6)CCN3)ncnc21.[N-]=[N+]=NC1C(O)COC1C(=O)O. The number of piperazine rings is 1. The third kappa shape index (κ3) is 7.61. The number of rotatable bonds is 11.